The predicted molar refractivity (Wildman–Crippen MR) is 237 cm³/mol. The van der Waals surface area contributed by atoms with Crippen molar-refractivity contribution in [1.29, 1.82) is 0 Å². The van der Waals surface area contributed by atoms with Crippen molar-refractivity contribution in [3.8, 4) is 22.3 Å². The first-order chi connectivity index (χ1) is 28.7. The number of rotatable bonds is 10. The Hall–Kier alpha value is -5.16. The third-order valence-electron chi connectivity index (χ3n) is 12.1. The van der Waals surface area contributed by atoms with Gasteiger partial charge in [-0.05, 0) is 159 Å². The second-order valence-corrected chi connectivity index (χ2v) is 16.1. The van der Waals surface area contributed by atoms with E-state index in [9.17, 15) is 19.2 Å². The molecule has 0 spiro atoms. The number of carboxylic acids is 1. The van der Waals surface area contributed by atoms with E-state index in [-0.39, 0.29) is 23.2 Å². The van der Waals surface area contributed by atoms with Crippen LogP contribution in [0, 0.1) is 11.8 Å². The summed E-state index contributed by atoms with van der Waals surface area (Å²) in [6.07, 6.45) is 9.51. The van der Waals surface area contributed by atoms with E-state index in [0.29, 0.717) is 25.2 Å². The molecule has 0 aliphatic carbocycles. The summed E-state index contributed by atoms with van der Waals surface area (Å²) in [5, 5.41) is 15.7. The van der Waals surface area contributed by atoms with Crippen LogP contribution >= 0.6 is 0 Å². The van der Waals surface area contributed by atoms with Gasteiger partial charge in [0, 0.05) is 49.3 Å². The van der Waals surface area contributed by atoms with Crippen LogP contribution in [0.15, 0.2) is 84.9 Å². The monoisotopic (exact) mass is 799 g/mol. The third-order valence-corrected chi connectivity index (χ3v) is 12.1. The summed E-state index contributed by atoms with van der Waals surface area (Å²) < 4.78 is 0. The summed E-state index contributed by atoms with van der Waals surface area (Å²) in [6.45, 7) is 10.6. The fourth-order valence-corrected chi connectivity index (χ4v) is 8.49. The molecular weight excluding hydrogens is 739 g/mol. The Morgan fingerprint density at radius 2 is 1.10 bits per heavy atom. The van der Waals surface area contributed by atoms with Crippen LogP contribution in [0.3, 0.4) is 0 Å². The number of fused-ring (bicyclic) bond motifs is 2. The lowest BCUT2D eigenvalue weighted by Crippen LogP contribution is -2.33. The molecule has 2 saturated heterocycles. The number of benzene rings is 4. The van der Waals surface area contributed by atoms with Crippen molar-refractivity contribution < 1.29 is 24.3 Å². The van der Waals surface area contributed by atoms with E-state index in [1.165, 1.54) is 43.4 Å². The van der Waals surface area contributed by atoms with Gasteiger partial charge in [-0.25, -0.2) is 4.79 Å². The van der Waals surface area contributed by atoms with Crippen LogP contribution in [0.2, 0.25) is 0 Å². The molecule has 0 bridgehead atoms. The minimum atomic E-state index is -0.922. The SMILES string of the molecule is CCC(=O)N1CCc2cc(-c3ccc(C(=O)CCC4CCCNC4)cc3)ccc21.CCC(=O)N1CCc2cc(-c3ccc(C(=O)O)cc3)ccc21.NCC1CCCNC1. The highest BCUT2D eigenvalue weighted by Crippen LogP contribution is 2.34. The number of nitrogens with two attached hydrogens (primary N) is 1. The second kappa shape index (κ2) is 21.2. The van der Waals surface area contributed by atoms with Gasteiger partial charge in [-0.3, -0.25) is 14.4 Å². The number of ketones is 1. The maximum Gasteiger partial charge on any atom is 0.335 e. The summed E-state index contributed by atoms with van der Waals surface area (Å²) in [5.74, 6) is 1.04. The number of amides is 2. The van der Waals surface area contributed by atoms with E-state index in [4.69, 9.17) is 10.8 Å². The molecule has 0 aromatic heterocycles. The molecule has 2 unspecified atom stereocenters. The van der Waals surface area contributed by atoms with Crippen molar-refractivity contribution in [2.75, 3.05) is 55.6 Å². The van der Waals surface area contributed by atoms with Gasteiger partial charge < -0.3 is 31.3 Å². The zero-order valence-corrected chi connectivity index (χ0v) is 34.8. The Morgan fingerprint density at radius 3 is 1.51 bits per heavy atom. The van der Waals surface area contributed by atoms with Crippen molar-refractivity contribution in [2.45, 2.75) is 78.1 Å². The minimum Gasteiger partial charge on any atom is -0.478 e. The first-order valence-corrected chi connectivity index (χ1v) is 21.6. The fraction of sp³-hybridized carbons (Fsp3) is 0.429. The number of hydrogen-bond acceptors (Lipinski definition) is 7. The Kier molecular flexibility index (Phi) is 15.6. The lowest BCUT2D eigenvalue weighted by Gasteiger charge is -2.22. The molecule has 10 heteroatoms. The highest BCUT2D eigenvalue weighted by atomic mass is 16.4. The van der Waals surface area contributed by atoms with Crippen molar-refractivity contribution in [3.63, 3.8) is 0 Å². The van der Waals surface area contributed by atoms with Crippen molar-refractivity contribution >= 4 is 34.9 Å². The highest BCUT2D eigenvalue weighted by Gasteiger charge is 2.25. The number of nitrogens with one attached hydrogen (secondary N) is 2. The normalized spacial score (nSPS) is 18.1. The molecular formula is C49H61N5O5. The summed E-state index contributed by atoms with van der Waals surface area (Å²) in [6, 6.07) is 27.2. The van der Waals surface area contributed by atoms with Crippen molar-refractivity contribution in [1.82, 2.24) is 10.6 Å². The van der Waals surface area contributed by atoms with Gasteiger partial charge in [-0.1, -0.05) is 62.4 Å². The molecule has 10 nitrogen and oxygen atoms in total. The fourth-order valence-electron chi connectivity index (χ4n) is 8.49. The van der Waals surface area contributed by atoms with Gasteiger partial charge in [0.15, 0.2) is 5.78 Å². The largest absolute Gasteiger partial charge is 0.478 e. The molecule has 5 N–H and O–H groups in total. The van der Waals surface area contributed by atoms with Gasteiger partial charge in [0.05, 0.1) is 5.56 Å². The zero-order chi connectivity index (χ0) is 41.7. The molecule has 2 amide bonds. The highest BCUT2D eigenvalue weighted by molar-refractivity contribution is 5.98. The molecule has 312 valence electrons. The molecule has 2 atom stereocenters. The number of anilines is 2. The molecule has 4 aromatic rings. The smallest absolute Gasteiger partial charge is 0.335 e. The Labute approximate surface area is 349 Å². The number of piperidine rings is 2. The first-order valence-electron chi connectivity index (χ1n) is 21.6. The first kappa shape index (κ1) is 43.4. The Bertz CT molecular complexity index is 2050. The van der Waals surface area contributed by atoms with Gasteiger partial charge in [-0.2, -0.15) is 0 Å². The molecule has 0 radical (unpaired) electrons. The molecule has 4 aromatic carbocycles. The van der Waals surface area contributed by atoms with Gasteiger partial charge in [0.25, 0.3) is 0 Å². The minimum absolute atomic E-state index is 0.150. The molecule has 4 heterocycles. The standard InChI is InChI=1S/C25H30N2O2.C18H17NO3.C6H14N2/c1-2-25(29)27-15-13-22-16-21(10-11-23(22)27)19-6-8-20(9-7-19)24(28)12-5-18-4-3-14-26-17-18;1-2-17(20)19-10-9-15-11-14(7-8-16(15)19)12-3-5-13(6-4-12)18(21)22;7-4-6-2-1-3-8-5-6/h6-11,16,18,26H,2-5,12-15,17H2,1H3;3-8,11H,2,9-10H2,1H3,(H,21,22);6,8H,1-5,7H2. The van der Waals surface area contributed by atoms with E-state index in [2.05, 4.69) is 34.9 Å². The van der Waals surface area contributed by atoms with Gasteiger partial charge in [0.2, 0.25) is 11.8 Å². The lowest BCUT2D eigenvalue weighted by atomic mass is 9.92. The van der Waals surface area contributed by atoms with Gasteiger partial charge in [0.1, 0.15) is 0 Å². The molecule has 59 heavy (non-hydrogen) atoms. The van der Waals surface area contributed by atoms with E-state index in [1.54, 1.807) is 12.1 Å². The number of nitrogens with zero attached hydrogens (tertiary/aromatic N) is 2. The lowest BCUT2D eigenvalue weighted by molar-refractivity contribution is -0.119. The summed E-state index contributed by atoms with van der Waals surface area (Å²) >= 11 is 0. The second-order valence-electron chi connectivity index (χ2n) is 16.1. The molecule has 0 saturated carbocycles. The number of carbonyl (C=O) groups is 4. The van der Waals surface area contributed by atoms with E-state index in [0.717, 1.165) is 104 Å². The summed E-state index contributed by atoms with van der Waals surface area (Å²) in [5.41, 5.74) is 15.3. The maximum atomic E-state index is 12.6. The zero-order valence-electron chi connectivity index (χ0n) is 34.8. The van der Waals surface area contributed by atoms with E-state index >= 15 is 0 Å². The van der Waals surface area contributed by atoms with Crippen LogP contribution in [0.25, 0.3) is 22.3 Å². The molecule has 4 aliphatic rings. The Morgan fingerprint density at radius 1 is 0.644 bits per heavy atom. The quantitative estimate of drug-likeness (QED) is 0.119. The van der Waals surface area contributed by atoms with Crippen LogP contribution in [0.5, 0.6) is 0 Å². The molecule has 8 rings (SSSR count). The number of hydrogen-bond donors (Lipinski definition) is 4. The van der Waals surface area contributed by atoms with Crippen molar-refractivity contribution in [2.24, 2.45) is 17.6 Å². The summed E-state index contributed by atoms with van der Waals surface area (Å²) in [7, 11) is 0. The van der Waals surface area contributed by atoms with Crippen molar-refractivity contribution in [3.05, 3.63) is 107 Å². The van der Waals surface area contributed by atoms with E-state index < -0.39 is 5.97 Å². The average Bonchev–Trinajstić information content (AvgIpc) is 3.93. The molecule has 4 aliphatic heterocycles. The number of carbonyl (C=O) groups excluding carboxylic acids is 3. The van der Waals surface area contributed by atoms with E-state index in [1.807, 2.05) is 72.2 Å². The van der Waals surface area contributed by atoms with Crippen LogP contribution in [-0.2, 0) is 22.4 Å². The van der Waals surface area contributed by atoms with Crippen LogP contribution in [0.1, 0.15) is 97.1 Å². The average molecular weight is 800 g/mol. The topological polar surface area (TPSA) is 145 Å². The number of aromatic carboxylic acids is 1. The van der Waals surface area contributed by atoms with Crippen LogP contribution in [0.4, 0.5) is 11.4 Å². The van der Waals surface area contributed by atoms with Crippen LogP contribution in [-0.4, -0.2) is 74.5 Å². The third kappa shape index (κ3) is 11.3. The Balaban J connectivity index is 0.000000171. The molecule has 2 fully saturated rings. The van der Waals surface area contributed by atoms with Crippen LogP contribution < -0.4 is 26.2 Å². The predicted octanol–water partition coefficient (Wildman–Crippen LogP) is 7.91. The summed E-state index contributed by atoms with van der Waals surface area (Å²) in [4.78, 5) is 51.2. The number of carboxylic acid groups (broad SMARTS) is 1. The number of Topliss-reactive ketones (excluding diaryl/α,β-unsaturated/α-hetero) is 1. The maximum absolute atomic E-state index is 12.6. The van der Waals surface area contributed by atoms with Gasteiger partial charge in [-0.15, -0.1) is 0 Å². The van der Waals surface area contributed by atoms with Gasteiger partial charge >= 0.3 is 5.97 Å².